The topological polar surface area (TPSA) is 26.3 Å². The molecule has 0 unspecified atom stereocenters. The minimum absolute atomic E-state index is 0. The van der Waals surface area contributed by atoms with Crippen LogP contribution < -0.4 is 0 Å². The lowest BCUT2D eigenvalue weighted by atomic mass is 10.2. The van der Waals surface area contributed by atoms with E-state index in [-0.39, 0.29) is 24.3 Å². The van der Waals surface area contributed by atoms with Crippen molar-refractivity contribution >= 4 is 30.0 Å². The molecule has 1 rings (SSSR count). The third kappa shape index (κ3) is 5.10. The first-order valence-corrected chi connectivity index (χ1v) is 4.62. The lowest BCUT2D eigenvalue weighted by Crippen LogP contribution is -2.08. The van der Waals surface area contributed by atoms with E-state index in [9.17, 15) is 4.79 Å². The van der Waals surface area contributed by atoms with E-state index >= 15 is 0 Å². The van der Waals surface area contributed by atoms with Crippen molar-refractivity contribution < 1.29 is 9.53 Å². The molecule has 0 aliphatic heterocycles. The maximum Gasteiger partial charge on any atom is 0.320 e. The van der Waals surface area contributed by atoms with Gasteiger partial charge in [-0.15, -0.1) is 24.0 Å². The first kappa shape index (κ1) is 13.3. The van der Waals surface area contributed by atoms with Gasteiger partial charge in [0.15, 0.2) is 0 Å². The van der Waals surface area contributed by atoms with E-state index in [0.717, 1.165) is 12.0 Å². The fourth-order valence-corrected chi connectivity index (χ4v) is 1.04. The Morgan fingerprint density at radius 2 is 1.93 bits per heavy atom. The minimum Gasteiger partial charge on any atom is -0.464 e. The van der Waals surface area contributed by atoms with E-state index in [2.05, 4.69) is 0 Å². The maximum absolute atomic E-state index is 10.6. The number of alkyl halides is 1. The Kier molecular flexibility index (Phi) is 7.25. The van der Waals surface area contributed by atoms with Crippen LogP contribution in [0.3, 0.4) is 0 Å². The van der Waals surface area contributed by atoms with Gasteiger partial charge in [0, 0.05) is 6.42 Å². The quantitative estimate of drug-likeness (QED) is 0.591. The van der Waals surface area contributed by atoms with Crippen molar-refractivity contribution in [2.24, 2.45) is 0 Å². The fraction of sp³-hybridized carbons (Fsp3) is 0.300. The van der Waals surface area contributed by atoms with Crippen LogP contribution in [0.1, 0.15) is 5.56 Å². The van der Waals surface area contributed by atoms with Crippen LogP contribution in [-0.4, -0.2) is 18.5 Å². The average molecular weight is 235 g/mol. The van der Waals surface area contributed by atoms with Crippen molar-refractivity contribution in [2.75, 3.05) is 12.5 Å². The predicted octanol–water partition coefficient (Wildman–Crippen LogP) is 2.43. The molecule has 2 nitrogen and oxygen atoms in total. The van der Waals surface area contributed by atoms with Crippen molar-refractivity contribution in [3.05, 3.63) is 35.9 Å². The van der Waals surface area contributed by atoms with Gasteiger partial charge in [0.2, 0.25) is 0 Å². The number of halogens is 2. The molecular weight excluding hydrogens is 223 g/mol. The molecule has 1 aromatic rings. The van der Waals surface area contributed by atoms with Crippen LogP contribution in [-0.2, 0) is 16.0 Å². The van der Waals surface area contributed by atoms with Crippen molar-refractivity contribution in [1.29, 1.82) is 0 Å². The van der Waals surface area contributed by atoms with Gasteiger partial charge in [-0.05, 0) is 5.56 Å². The van der Waals surface area contributed by atoms with E-state index in [4.69, 9.17) is 16.3 Å². The summed E-state index contributed by atoms with van der Waals surface area (Å²) in [5.41, 5.74) is 1.16. The molecule has 0 bridgehead atoms. The summed E-state index contributed by atoms with van der Waals surface area (Å²) in [5.74, 6) is -0.438. The Bertz CT molecular complexity index is 262. The van der Waals surface area contributed by atoms with Crippen molar-refractivity contribution in [3.63, 3.8) is 0 Å². The Morgan fingerprint density at radius 1 is 1.29 bits per heavy atom. The summed E-state index contributed by atoms with van der Waals surface area (Å²) < 4.78 is 4.82. The summed E-state index contributed by atoms with van der Waals surface area (Å²) in [4.78, 5) is 10.6. The van der Waals surface area contributed by atoms with Crippen molar-refractivity contribution in [1.82, 2.24) is 0 Å². The summed E-state index contributed by atoms with van der Waals surface area (Å²) in [6.07, 6.45) is 0.740. The largest absolute Gasteiger partial charge is 0.464 e. The molecule has 78 valence electrons. The number of rotatable bonds is 4. The highest BCUT2D eigenvalue weighted by atomic mass is 35.5. The second-order valence-electron chi connectivity index (χ2n) is 2.59. The van der Waals surface area contributed by atoms with Crippen LogP contribution in [0.4, 0.5) is 0 Å². The number of hydrogen-bond donors (Lipinski definition) is 0. The van der Waals surface area contributed by atoms with Gasteiger partial charge in [-0.25, -0.2) is 0 Å². The first-order valence-electron chi connectivity index (χ1n) is 4.08. The van der Waals surface area contributed by atoms with E-state index in [1.54, 1.807) is 0 Å². The average Bonchev–Trinajstić information content (AvgIpc) is 2.19. The molecule has 0 aliphatic rings. The molecule has 14 heavy (non-hydrogen) atoms. The van der Waals surface area contributed by atoms with Gasteiger partial charge in [-0.2, -0.15) is 0 Å². The van der Waals surface area contributed by atoms with Gasteiger partial charge < -0.3 is 4.74 Å². The Hall–Kier alpha value is -0.730. The Balaban J connectivity index is 0.00000169. The molecule has 0 aromatic heterocycles. The zero-order valence-electron chi connectivity index (χ0n) is 7.61. The molecule has 0 spiro atoms. The molecular formula is C10H12Cl2O2. The third-order valence-corrected chi connectivity index (χ3v) is 1.82. The Labute approximate surface area is 94.6 Å². The van der Waals surface area contributed by atoms with Crippen LogP contribution in [0.2, 0.25) is 0 Å². The standard InChI is InChI=1S/C10H11ClO2.ClH/c11-8-10(12)13-7-6-9-4-2-1-3-5-9;/h1-5H,6-8H2;1H. The molecule has 1 aromatic carbocycles. The van der Waals surface area contributed by atoms with Gasteiger partial charge in [0.25, 0.3) is 0 Å². The van der Waals surface area contributed by atoms with Crippen LogP contribution in [0.15, 0.2) is 30.3 Å². The Morgan fingerprint density at radius 3 is 2.50 bits per heavy atom. The van der Waals surface area contributed by atoms with E-state index < -0.39 is 0 Å². The second kappa shape index (κ2) is 7.65. The summed E-state index contributed by atoms with van der Waals surface area (Å²) in [6, 6.07) is 9.86. The number of hydrogen-bond acceptors (Lipinski definition) is 2. The zero-order chi connectivity index (χ0) is 9.52. The van der Waals surface area contributed by atoms with Crippen LogP contribution >= 0.6 is 24.0 Å². The summed E-state index contributed by atoms with van der Waals surface area (Å²) in [7, 11) is 0. The molecule has 0 atom stereocenters. The fourth-order valence-electron chi connectivity index (χ4n) is 0.966. The minimum atomic E-state index is -0.363. The number of benzene rings is 1. The molecule has 0 radical (unpaired) electrons. The maximum atomic E-state index is 10.6. The number of carbonyl (C=O) groups is 1. The third-order valence-electron chi connectivity index (χ3n) is 1.61. The lowest BCUT2D eigenvalue weighted by molar-refractivity contribution is -0.140. The number of carbonyl (C=O) groups excluding carboxylic acids is 1. The van der Waals surface area contributed by atoms with Crippen molar-refractivity contribution in [2.45, 2.75) is 6.42 Å². The van der Waals surface area contributed by atoms with E-state index in [0.29, 0.717) is 6.61 Å². The zero-order valence-corrected chi connectivity index (χ0v) is 9.18. The van der Waals surface area contributed by atoms with Gasteiger partial charge in [0.1, 0.15) is 5.88 Å². The normalized spacial score (nSPS) is 8.93. The molecule has 0 amide bonds. The summed E-state index contributed by atoms with van der Waals surface area (Å²) in [5, 5.41) is 0. The number of ether oxygens (including phenoxy) is 1. The molecule has 0 saturated heterocycles. The van der Waals surface area contributed by atoms with E-state index in [1.165, 1.54) is 0 Å². The summed E-state index contributed by atoms with van der Waals surface area (Å²) >= 11 is 5.26. The monoisotopic (exact) mass is 234 g/mol. The van der Waals surface area contributed by atoms with Crippen LogP contribution in [0.5, 0.6) is 0 Å². The van der Waals surface area contributed by atoms with Gasteiger partial charge >= 0.3 is 5.97 Å². The molecule has 0 fully saturated rings. The smallest absolute Gasteiger partial charge is 0.320 e. The van der Waals surface area contributed by atoms with Gasteiger partial charge in [0.05, 0.1) is 6.61 Å². The summed E-state index contributed by atoms with van der Waals surface area (Å²) in [6.45, 7) is 0.398. The lowest BCUT2D eigenvalue weighted by Gasteiger charge is -2.02. The van der Waals surface area contributed by atoms with E-state index in [1.807, 2.05) is 30.3 Å². The predicted molar refractivity (Wildman–Crippen MR) is 59.1 cm³/mol. The molecule has 0 heterocycles. The highest BCUT2D eigenvalue weighted by molar-refractivity contribution is 6.26. The molecule has 4 heteroatoms. The molecule has 0 aliphatic carbocycles. The first-order chi connectivity index (χ1) is 6.33. The molecule has 0 N–H and O–H groups in total. The van der Waals surface area contributed by atoms with Crippen LogP contribution in [0.25, 0.3) is 0 Å². The van der Waals surface area contributed by atoms with Gasteiger partial charge in [-0.3, -0.25) is 4.79 Å². The highest BCUT2D eigenvalue weighted by Crippen LogP contribution is 1.99. The van der Waals surface area contributed by atoms with Gasteiger partial charge in [-0.1, -0.05) is 30.3 Å². The highest BCUT2D eigenvalue weighted by Gasteiger charge is 1.98. The van der Waals surface area contributed by atoms with Crippen molar-refractivity contribution in [3.8, 4) is 0 Å². The number of esters is 1. The SMILES string of the molecule is Cl.O=C(CCl)OCCc1ccccc1. The second-order valence-corrected chi connectivity index (χ2v) is 2.86. The molecule has 0 saturated carbocycles. The van der Waals surface area contributed by atoms with Crippen LogP contribution in [0, 0.1) is 0 Å².